The average Bonchev–Trinajstić information content (AvgIpc) is 2.92. The minimum atomic E-state index is -0.546. The van der Waals surface area contributed by atoms with Crippen LogP contribution in [0.15, 0.2) is 6.20 Å². The van der Waals surface area contributed by atoms with Crippen LogP contribution in [0.2, 0.25) is 5.28 Å². The van der Waals surface area contributed by atoms with Crippen molar-refractivity contribution in [1.29, 1.82) is 0 Å². The lowest BCUT2D eigenvalue weighted by Crippen LogP contribution is -2.24. The molecule has 0 bridgehead atoms. The Morgan fingerprint density at radius 3 is 2.68 bits per heavy atom. The molecule has 1 saturated carbocycles. The van der Waals surface area contributed by atoms with Crippen LogP contribution in [-0.4, -0.2) is 35.5 Å². The molecule has 1 aliphatic carbocycles. The zero-order chi connectivity index (χ0) is 15.9. The first-order valence-corrected chi connectivity index (χ1v) is 8.06. The number of nitrogens with two attached hydrogens (primary N) is 1. The minimum absolute atomic E-state index is 0.0982. The standard InChI is InChI=1S/C16H22ClN3O2/c1-3-21-14(22-4-2)9-8-11-10-19-16(17)20-15(11)12-6-5-7-13(12)18/h10,12-14H,3-7,18H2,1-2H3. The molecule has 0 saturated heterocycles. The molecule has 5 nitrogen and oxygen atoms in total. The molecule has 6 heteroatoms. The summed E-state index contributed by atoms with van der Waals surface area (Å²) in [6, 6.07) is 0.0982. The van der Waals surface area contributed by atoms with Gasteiger partial charge < -0.3 is 15.2 Å². The normalized spacial score (nSPS) is 21.0. The van der Waals surface area contributed by atoms with E-state index in [2.05, 4.69) is 21.8 Å². The molecule has 1 fully saturated rings. The van der Waals surface area contributed by atoms with Crippen molar-refractivity contribution in [3.63, 3.8) is 0 Å². The Bertz CT molecular complexity index is 550. The van der Waals surface area contributed by atoms with E-state index in [4.69, 9.17) is 26.8 Å². The fourth-order valence-electron chi connectivity index (χ4n) is 2.65. The Morgan fingerprint density at radius 1 is 1.36 bits per heavy atom. The maximum Gasteiger partial charge on any atom is 0.222 e. The zero-order valence-electron chi connectivity index (χ0n) is 13.0. The summed E-state index contributed by atoms with van der Waals surface area (Å²) in [4.78, 5) is 8.40. The third kappa shape index (κ3) is 4.40. The van der Waals surface area contributed by atoms with Crippen molar-refractivity contribution >= 4 is 11.6 Å². The molecule has 120 valence electrons. The Hall–Kier alpha value is -1.19. The predicted molar refractivity (Wildman–Crippen MR) is 85.5 cm³/mol. The Kier molecular flexibility index (Phi) is 6.59. The van der Waals surface area contributed by atoms with Crippen molar-refractivity contribution < 1.29 is 9.47 Å². The molecule has 1 heterocycles. The molecule has 0 aliphatic heterocycles. The van der Waals surface area contributed by atoms with Crippen molar-refractivity contribution in [2.45, 2.75) is 51.4 Å². The summed E-state index contributed by atoms with van der Waals surface area (Å²) in [5.74, 6) is 6.23. The van der Waals surface area contributed by atoms with Crippen LogP contribution >= 0.6 is 11.6 Å². The van der Waals surface area contributed by atoms with E-state index in [1.165, 1.54) is 0 Å². The number of aromatic nitrogens is 2. The van der Waals surface area contributed by atoms with Crippen LogP contribution in [0.4, 0.5) is 0 Å². The third-order valence-electron chi connectivity index (χ3n) is 3.67. The molecular weight excluding hydrogens is 302 g/mol. The Morgan fingerprint density at radius 2 is 2.09 bits per heavy atom. The number of hydrogen-bond donors (Lipinski definition) is 1. The van der Waals surface area contributed by atoms with Gasteiger partial charge in [-0.2, -0.15) is 0 Å². The molecule has 1 aliphatic rings. The fraction of sp³-hybridized carbons (Fsp3) is 0.625. The molecule has 0 radical (unpaired) electrons. The van der Waals surface area contributed by atoms with Crippen molar-refractivity contribution in [1.82, 2.24) is 9.97 Å². The van der Waals surface area contributed by atoms with E-state index in [0.717, 1.165) is 30.5 Å². The van der Waals surface area contributed by atoms with Gasteiger partial charge in [0.05, 0.1) is 11.3 Å². The predicted octanol–water partition coefficient (Wildman–Crippen LogP) is 2.48. The molecule has 22 heavy (non-hydrogen) atoms. The Balaban J connectivity index is 2.27. The lowest BCUT2D eigenvalue weighted by atomic mass is 9.96. The maximum atomic E-state index is 6.18. The molecule has 1 aromatic rings. The topological polar surface area (TPSA) is 70.3 Å². The van der Waals surface area contributed by atoms with Gasteiger partial charge in [0.2, 0.25) is 11.6 Å². The summed E-state index contributed by atoms with van der Waals surface area (Å²) < 4.78 is 10.9. The van der Waals surface area contributed by atoms with Gasteiger partial charge in [0.1, 0.15) is 0 Å². The lowest BCUT2D eigenvalue weighted by Gasteiger charge is -2.16. The molecule has 2 rings (SSSR count). The summed E-state index contributed by atoms with van der Waals surface area (Å²) >= 11 is 5.94. The highest BCUT2D eigenvalue weighted by Gasteiger charge is 2.28. The number of ether oxygens (including phenoxy) is 2. The maximum absolute atomic E-state index is 6.18. The second kappa shape index (κ2) is 8.44. The largest absolute Gasteiger partial charge is 0.342 e. The summed E-state index contributed by atoms with van der Waals surface area (Å²) in [5, 5.41) is 0.228. The molecule has 1 aromatic heterocycles. The quantitative estimate of drug-likeness (QED) is 0.512. The average molecular weight is 324 g/mol. The number of nitrogens with zero attached hydrogens (tertiary/aromatic N) is 2. The summed E-state index contributed by atoms with van der Waals surface area (Å²) in [6.45, 7) is 4.89. The number of halogens is 1. The van der Waals surface area contributed by atoms with Crippen molar-refractivity contribution in [3.8, 4) is 11.8 Å². The van der Waals surface area contributed by atoms with E-state index in [1.54, 1.807) is 6.20 Å². The van der Waals surface area contributed by atoms with Crippen LogP contribution in [0.1, 0.15) is 50.3 Å². The van der Waals surface area contributed by atoms with Crippen LogP contribution in [0, 0.1) is 11.8 Å². The molecule has 2 unspecified atom stereocenters. The van der Waals surface area contributed by atoms with Crippen LogP contribution < -0.4 is 5.73 Å². The SMILES string of the molecule is CCOC(C#Cc1cnc(Cl)nc1C1CCCC1N)OCC. The third-order valence-corrected chi connectivity index (χ3v) is 3.85. The molecule has 2 N–H and O–H groups in total. The summed E-state index contributed by atoms with van der Waals surface area (Å²) in [6.07, 6.45) is 4.21. The molecular formula is C16H22ClN3O2. The second-order valence-corrected chi connectivity index (χ2v) is 5.49. The van der Waals surface area contributed by atoms with Gasteiger partial charge in [-0.25, -0.2) is 9.97 Å². The van der Waals surface area contributed by atoms with Gasteiger partial charge in [-0.1, -0.05) is 12.3 Å². The summed E-state index contributed by atoms with van der Waals surface area (Å²) in [7, 11) is 0. The van der Waals surface area contributed by atoms with Crippen LogP contribution in [0.5, 0.6) is 0 Å². The van der Waals surface area contributed by atoms with Gasteiger partial charge in [-0.15, -0.1) is 0 Å². The summed E-state index contributed by atoms with van der Waals surface area (Å²) in [5.41, 5.74) is 7.76. The highest BCUT2D eigenvalue weighted by Crippen LogP contribution is 2.34. The van der Waals surface area contributed by atoms with Crippen molar-refractivity contribution in [3.05, 3.63) is 22.7 Å². The van der Waals surface area contributed by atoms with Crippen LogP contribution in [0.3, 0.4) is 0 Å². The first kappa shape index (κ1) is 17.2. The fourth-order valence-corrected chi connectivity index (χ4v) is 2.79. The molecule has 2 atom stereocenters. The van der Waals surface area contributed by atoms with E-state index in [-0.39, 0.29) is 17.2 Å². The Labute approximate surface area is 136 Å². The molecule has 0 spiro atoms. The van der Waals surface area contributed by atoms with Crippen LogP contribution in [-0.2, 0) is 9.47 Å². The monoisotopic (exact) mass is 323 g/mol. The van der Waals surface area contributed by atoms with Crippen molar-refractivity contribution in [2.75, 3.05) is 13.2 Å². The van der Waals surface area contributed by atoms with E-state index in [9.17, 15) is 0 Å². The van der Waals surface area contributed by atoms with Gasteiger partial charge in [0.15, 0.2) is 0 Å². The first-order valence-electron chi connectivity index (χ1n) is 7.68. The van der Waals surface area contributed by atoms with Gasteiger partial charge in [0.25, 0.3) is 0 Å². The first-order chi connectivity index (χ1) is 10.7. The van der Waals surface area contributed by atoms with Gasteiger partial charge in [0, 0.05) is 31.4 Å². The van der Waals surface area contributed by atoms with E-state index < -0.39 is 6.29 Å². The second-order valence-electron chi connectivity index (χ2n) is 5.15. The highest BCUT2D eigenvalue weighted by molar-refractivity contribution is 6.28. The molecule has 0 aromatic carbocycles. The number of rotatable bonds is 5. The zero-order valence-corrected chi connectivity index (χ0v) is 13.8. The van der Waals surface area contributed by atoms with Gasteiger partial charge in [-0.3, -0.25) is 0 Å². The number of hydrogen-bond acceptors (Lipinski definition) is 5. The van der Waals surface area contributed by atoms with Crippen LogP contribution in [0.25, 0.3) is 0 Å². The molecule has 0 amide bonds. The van der Waals surface area contributed by atoms with Gasteiger partial charge in [-0.05, 0) is 44.2 Å². The van der Waals surface area contributed by atoms with Gasteiger partial charge >= 0.3 is 0 Å². The van der Waals surface area contributed by atoms with E-state index in [1.807, 2.05) is 13.8 Å². The lowest BCUT2D eigenvalue weighted by molar-refractivity contribution is -0.0969. The van der Waals surface area contributed by atoms with Crippen molar-refractivity contribution in [2.24, 2.45) is 5.73 Å². The highest BCUT2D eigenvalue weighted by atomic mass is 35.5. The smallest absolute Gasteiger partial charge is 0.222 e. The van der Waals surface area contributed by atoms with E-state index >= 15 is 0 Å². The minimum Gasteiger partial charge on any atom is -0.342 e. The van der Waals surface area contributed by atoms with E-state index in [0.29, 0.717) is 13.2 Å².